The second-order valence-electron chi connectivity index (χ2n) is 5.81. The summed E-state index contributed by atoms with van der Waals surface area (Å²) < 4.78 is 27.1. The lowest BCUT2D eigenvalue weighted by molar-refractivity contribution is 0.254. The summed E-state index contributed by atoms with van der Waals surface area (Å²) in [7, 11) is -3.38. The van der Waals surface area contributed by atoms with Crippen molar-refractivity contribution in [3.8, 4) is 0 Å². The number of hydrogen-bond donors (Lipinski definition) is 0. The molecule has 0 aliphatic carbocycles. The number of rotatable bonds is 2. The molecule has 1 fully saturated rings. The van der Waals surface area contributed by atoms with Crippen LogP contribution in [0.3, 0.4) is 0 Å². The van der Waals surface area contributed by atoms with Crippen molar-refractivity contribution >= 4 is 10.0 Å². The monoisotopic (exact) mass is 267 g/mol. The third-order valence-corrected chi connectivity index (χ3v) is 5.99. The quantitative estimate of drug-likeness (QED) is 0.826. The maximum absolute atomic E-state index is 12.7. The van der Waals surface area contributed by atoms with Crippen molar-refractivity contribution in [3.63, 3.8) is 0 Å². The molecular formula is C14H21NO2S. The van der Waals surface area contributed by atoms with Gasteiger partial charge in [-0.25, -0.2) is 8.42 Å². The molecule has 0 saturated carbocycles. The van der Waals surface area contributed by atoms with E-state index in [4.69, 9.17) is 0 Å². The summed E-state index contributed by atoms with van der Waals surface area (Å²) in [5.41, 5.74) is 0.783. The minimum atomic E-state index is -3.38. The first-order valence-electron chi connectivity index (χ1n) is 6.36. The van der Waals surface area contributed by atoms with Crippen LogP contribution < -0.4 is 0 Å². The van der Waals surface area contributed by atoms with Gasteiger partial charge in [-0.1, -0.05) is 17.7 Å². The predicted octanol–water partition coefficient (Wildman–Crippen LogP) is 2.95. The summed E-state index contributed by atoms with van der Waals surface area (Å²) >= 11 is 0. The van der Waals surface area contributed by atoms with Crippen molar-refractivity contribution in [2.45, 2.75) is 57.0 Å². The molecule has 4 heteroatoms. The van der Waals surface area contributed by atoms with Crippen LogP contribution in [0.25, 0.3) is 0 Å². The molecule has 1 aliphatic heterocycles. The zero-order valence-electron chi connectivity index (χ0n) is 11.5. The number of aryl methyl sites for hydroxylation is 1. The van der Waals surface area contributed by atoms with Crippen molar-refractivity contribution in [3.05, 3.63) is 29.8 Å². The van der Waals surface area contributed by atoms with Crippen molar-refractivity contribution in [1.29, 1.82) is 0 Å². The Hall–Kier alpha value is -0.870. The topological polar surface area (TPSA) is 37.4 Å². The third kappa shape index (κ3) is 2.19. The molecule has 1 unspecified atom stereocenters. The van der Waals surface area contributed by atoms with E-state index < -0.39 is 10.0 Å². The van der Waals surface area contributed by atoms with E-state index in [0.29, 0.717) is 4.90 Å². The molecule has 3 nitrogen and oxygen atoms in total. The molecule has 0 N–H and O–H groups in total. The first-order chi connectivity index (χ1) is 8.25. The van der Waals surface area contributed by atoms with E-state index in [1.165, 1.54) is 0 Å². The lowest BCUT2D eigenvalue weighted by Gasteiger charge is -2.33. The van der Waals surface area contributed by atoms with Crippen LogP contribution >= 0.6 is 0 Å². The Morgan fingerprint density at radius 1 is 1.22 bits per heavy atom. The number of hydrogen-bond acceptors (Lipinski definition) is 2. The van der Waals surface area contributed by atoms with Crippen molar-refractivity contribution in [2.24, 2.45) is 0 Å². The van der Waals surface area contributed by atoms with Crippen LogP contribution in [0.15, 0.2) is 29.2 Å². The fourth-order valence-corrected chi connectivity index (χ4v) is 4.80. The largest absolute Gasteiger partial charge is 0.243 e. The number of sulfonamides is 1. The number of nitrogens with zero attached hydrogens (tertiary/aromatic N) is 1. The molecule has 2 rings (SSSR count). The van der Waals surface area contributed by atoms with Crippen LogP contribution in [0.4, 0.5) is 0 Å². The summed E-state index contributed by atoms with van der Waals surface area (Å²) in [6.07, 6.45) is 1.84. The van der Waals surface area contributed by atoms with E-state index in [1.807, 2.05) is 39.8 Å². The lowest BCUT2D eigenvalue weighted by Crippen LogP contribution is -2.45. The normalized spacial score (nSPS) is 24.3. The van der Waals surface area contributed by atoms with Crippen LogP contribution in [0.1, 0.15) is 39.2 Å². The molecule has 0 bridgehead atoms. The average molecular weight is 267 g/mol. The summed E-state index contributed by atoms with van der Waals surface area (Å²) in [6, 6.07) is 7.17. The minimum absolute atomic E-state index is 0.0753. The van der Waals surface area contributed by atoms with E-state index >= 15 is 0 Å². The van der Waals surface area contributed by atoms with Gasteiger partial charge in [-0.2, -0.15) is 4.31 Å². The molecule has 0 amide bonds. The summed E-state index contributed by atoms with van der Waals surface area (Å²) in [5, 5.41) is 0. The smallest absolute Gasteiger partial charge is 0.207 e. The van der Waals surface area contributed by atoms with Crippen molar-refractivity contribution in [2.75, 3.05) is 0 Å². The fourth-order valence-electron chi connectivity index (χ4n) is 2.77. The van der Waals surface area contributed by atoms with Gasteiger partial charge in [-0.05, 0) is 52.7 Å². The Morgan fingerprint density at radius 2 is 1.78 bits per heavy atom. The molecule has 0 spiro atoms. The van der Waals surface area contributed by atoms with E-state index in [0.717, 1.165) is 18.4 Å². The highest BCUT2D eigenvalue weighted by Crippen LogP contribution is 2.38. The highest BCUT2D eigenvalue weighted by molar-refractivity contribution is 7.89. The number of benzene rings is 1. The molecule has 0 aromatic heterocycles. The minimum Gasteiger partial charge on any atom is -0.207 e. The van der Waals surface area contributed by atoms with Gasteiger partial charge in [0.2, 0.25) is 10.0 Å². The Bertz CT molecular complexity index is 531. The lowest BCUT2D eigenvalue weighted by atomic mass is 10.0. The van der Waals surface area contributed by atoms with Crippen LogP contribution in [0.5, 0.6) is 0 Å². The first-order valence-corrected chi connectivity index (χ1v) is 7.80. The molecule has 1 aromatic carbocycles. The predicted molar refractivity (Wildman–Crippen MR) is 73.0 cm³/mol. The molecule has 100 valence electrons. The Balaban J connectivity index is 2.45. The second-order valence-corrected chi connectivity index (χ2v) is 7.63. The zero-order valence-corrected chi connectivity index (χ0v) is 12.3. The highest BCUT2D eigenvalue weighted by atomic mass is 32.2. The summed E-state index contributed by atoms with van der Waals surface area (Å²) in [5.74, 6) is 0. The third-order valence-electron chi connectivity index (χ3n) is 3.75. The van der Waals surface area contributed by atoms with Crippen molar-refractivity contribution in [1.82, 2.24) is 4.31 Å². The Labute approximate surface area is 110 Å². The molecule has 1 heterocycles. The molecule has 1 saturated heterocycles. The van der Waals surface area contributed by atoms with Crippen LogP contribution in [0.2, 0.25) is 0 Å². The van der Waals surface area contributed by atoms with Gasteiger partial charge in [-0.15, -0.1) is 0 Å². The fraction of sp³-hybridized carbons (Fsp3) is 0.571. The van der Waals surface area contributed by atoms with Gasteiger partial charge in [0.25, 0.3) is 0 Å². The van der Waals surface area contributed by atoms with Crippen LogP contribution in [0, 0.1) is 6.92 Å². The highest BCUT2D eigenvalue weighted by Gasteiger charge is 2.45. The molecule has 1 aromatic rings. The van der Waals surface area contributed by atoms with Crippen LogP contribution in [-0.2, 0) is 10.0 Å². The van der Waals surface area contributed by atoms with Gasteiger partial charge in [0, 0.05) is 11.6 Å². The van der Waals surface area contributed by atoms with Crippen molar-refractivity contribution < 1.29 is 8.42 Å². The Morgan fingerprint density at radius 3 is 2.22 bits per heavy atom. The van der Waals surface area contributed by atoms with E-state index in [9.17, 15) is 8.42 Å². The maximum atomic E-state index is 12.7. The zero-order chi connectivity index (χ0) is 13.6. The first kappa shape index (κ1) is 13.6. The second kappa shape index (κ2) is 4.35. The Kier molecular flexibility index (Phi) is 3.28. The van der Waals surface area contributed by atoms with Crippen LogP contribution in [-0.4, -0.2) is 24.3 Å². The van der Waals surface area contributed by atoms with Gasteiger partial charge < -0.3 is 0 Å². The maximum Gasteiger partial charge on any atom is 0.243 e. The summed E-state index contributed by atoms with van der Waals surface area (Å²) in [6.45, 7) is 7.95. The average Bonchev–Trinajstić information content (AvgIpc) is 2.53. The van der Waals surface area contributed by atoms with E-state index in [2.05, 4.69) is 0 Å². The molecule has 0 radical (unpaired) electrons. The van der Waals surface area contributed by atoms with E-state index in [-0.39, 0.29) is 11.6 Å². The molecule has 18 heavy (non-hydrogen) atoms. The van der Waals surface area contributed by atoms with E-state index in [1.54, 1.807) is 16.4 Å². The van der Waals surface area contributed by atoms with Gasteiger partial charge in [-0.3, -0.25) is 0 Å². The van der Waals surface area contributed by atoms with Gasteiger partial charge >= 0.3 is 0 Å². The molecular weight excluding hydrogens is 246 g/mol. The molecule has 1 atom stereocenters. The van der Waals surface area contributed by atoms with Gasteiger partial charge in [0.1, 0.15) is 0 Å². The standard InChI is InChI=1S/C14H21NO2S/c1-11-5-7-13(8-6-11)18(16,17)15-12(2)9-10-14(15,3)4/h5-8,12H,9-10H2,1-4H3. The SMILES string of the molecule is Cc1ccc(S(=O)(=O)N2C(C)CCC2(C)C)cc1. The summed E-state index contributed by atoms with van der Waals surface area (Å²) in [4.78, 5) is 0.398. The van der Waals surface area contributed by atoms with Gasteiger partial charge in [0.15, 0.2) is 0 Å². The van der Waals surface area contributed by atoms with Gasteiger partial charge in [0.05, 0.1) is 4.90 Å². The molecule has 1 aliphatic rings.